The first kappa shape index (κ1) is 20.9. The van der Waals surface area contributed by atoms with Crippen molar-refractivity contribution in [1.82, 2.24) is 25.1 Å². The standard InChI is InChI=1S/C23H22N6O4/c1-12-25-19-15(23(33)29(12)17-9-10-18(30)27-21(17)31)7-4-8-16(19)26-22(32)20-14-6-3-2-5-13(14)11-24-28-20/h4,7-8,11,17H,2-3,5-6,9-10H2,1H3,(H,26,32)(H,27,30,31). The summed E-state index contributed by atoms with van der Waals surface area (Å²) >= 11 is 0. The number of carbonyl (C=O) groups is 3. The van der Waals surface area contributed by atoms with Crippen molar-refractivity contribution in [1.29, 1.82) is 0 Å². The van der Waals surface area contributed by atoms with Crippen LogP contribution in [0.4, 0.5) is 5.69 Å². The van der Waals surface area contributed by atoms with Crippen LogP contribution in [0.1, 0.15) is 59.2 Å². The lowest BCUT2D eigenvalue weighted by Crippen LogP contribution is -2.45. The van der Waals surface area contributed by atoms with Gasteiger partial charge in [0, 0.05) is 6.42 Å². The van der Waals surface area contributed by atoms with Crippen LogP contribution in [-0.4, -0.2) is 37.5 Å². The first-order valence-corrected chi connectivity index (χ1v) is 10.9. The summed E-state index contributed by atoms with van der Waals surface area (Å²) in [4.78, 5) is 54.8. The lowest BCUT2D eigenvalue weighted by molar-refractivity contribution is -0.135. The second-order valence-corrected chi connectivity index (χ2v) is 8.36. The molecule has 3 aromatic rings. The molecule has 3 heterocycles. The number of para-hydroxylation sites is 1. The van der Waals surface area contributed by atoms with E-state index in [1.165, 1.54) is 4.57 Å². The number of nitrogens with zero attached hydrogens (tertiary/aromatic N) is 4. The Labute approximate surface area is 188 Å². The molecule has 2 N–H and O–H groups in total. The van der Waals surface area contributed by atoms with E-state index in [1.54, 1.807) is 31.3 Å². The van der Waals surface area contributed by atoms with Gasteiger partial charge in [0.2, 0.25) is 11.8 Å². The molecule has 2 aromatic heterocycles. The Kier molecular flexibility index (Phi) is 5.20. The number of hydrogen-bond acceptors (Lipinski definition) is 7. The zero-order valence-electron chi connectivity index (χ0n) is 18.1. The van der Waals surface area contributed by atoms with Crippen LogP contribution in [0.15, 0.2) is 29.2 Å². The van der Waals surface area contributed by atoms with Crippen molar-refractivity contribution in [2.24, 2.45) is 0 Å². The van der Waals surface area contributed by atoms with E-state index in [1.807, 2.05) is 0 Å². The van der Waals surface area contributed by atoms with Crippen LogP contribution in [-0.2, 0) is 22.4 Å². The van der Waals surface area contributed by atoms with Gasteiger partial charge in [0.05, 0.1) is 17.3 Å². The number of piperidine rings is 1. The zero-order valence-corrected chi connectivity index (χ0v) is 18.1. The molecule has 1 aliphatic carbocycles. The number of aromatic nitrogens is 4. The number of anilines is 1. The van der Waals surface area contributed by atoms with E-state index in [9.17, 15) is 19.2 Å². The van der Waals surface area contributed by atoms with Crippen molar-refractivity contribution < 1.29 is 14.4 Å². The Morgan fingerprint density at radius 2 is 1.97 bits per heavy atom. The van der Waals surface area contributed by atoms with E-state index in [2.05, 4.69) is 25.8 Å². The largest absolute Gasteiger partial charge is 0.319 e. The maximum atomic E-state index is 13.3. The highest BCUT2D eigenvalue weighted by Gasteiger charge is 2.31. The Morgan fingerprint density at radius 3 is 2.79 bits per heavy atom. The number of imide groups is 1. The number of carbonyl (C=O) groups excluding carboxylic acids is 3. The van der Waals surface area contributed by atoms with Gasteiger partial charge in [-0.25, -0.2) is 4.98 Å². The second kappa shape index (κ2) is 8.19. The minimum atomic E-state index is -0.809. The minimum absolute atomic E-state index is 0.152. The van der Waals surface area contributed by atoms with Crippen LogP contribution in [0.2, 0.25) is 0 Å². The number of rotatable bonds is 3. The minimum Gasteiger partial charge on any atom is -0.319 e. The third kappa shape index (κ3) is 3.67. The highest BCUT2D eigenvalue weighted by molar-refractivity contribution is 6.08. The predicted octanol–water partition coefficient (Wildman–Crippen LogP) is 1.60. The Bertz CT molecular complexity index is 1380. The van der Waals surface area contributed by atoms with Crippen LogP contribution >= 0.6 is 0 Å². The van der Waals surface area contributed by atoms with Crippen molar-refractivity contribution in [2.45, 2.75) is 51.5 Å². The van der Waals surface area contributed by atoms with Crippen LogP contribution in [0, 0.1) is 6.92 Å². The fraction of sp³-hybridized carbons (Fsp3) is 0.348. The van der Waals surface area contributed by atoms with Crippen LogP contribution in [0.5, 0.6) is 0 Å². The zero-order chi connectivity index (χ0) is 23.1. The molecule has 1 aromatic carbocycles. The van der Waals surface area contributed by atoms with Gasteiger partial charge in [-0.15, -0.1) is 5.10 Å². The number of amides is 3. The molecule has 0 spiro atoms. The summed E-state index contributed by atoms with van der Waals surface area (Å²) in [6, 6.07) is 4.12. The Morgan fingerprint density at radius 1 is 1.15 bits per heavy atom. The van der Waals surface area contributed by atoms with Gasteiger partial charge in [-0.1, -0.05) is 6.07 Å². The summed E-state index contributed by atoms with van der Waals surface area (Å²) in [7, 11) is 0. The highest BCUT2D eigenvalue weighted by atomic mass is 16.2. The first-order valence-electron chi connectivity index (χ1n) is 10.9. The molecule has 1 fully saturated rings. The molecule has 1 saturated heterocycles. The summed E-state index contributed by atoms with van der Waals surface area (Å²) in [5, 5.41) is 13.4. The summed E-state index contributed by atoms with van der Waals surface area (Å²) in [6.45, 7) is 1.63. The summed E-state index contributed by atoms with van der Waals surface area (Å²) in [6.07, 6.45) is 5.80. The quantitative estimate of drug-likeness (QED) is 0.583. The molecule has 0 radical (unpaired) electrons. The maximum Gasteiger partial charge on any atom is 0.276 e. The number of aryl methyl sites for hydroxylation is 2. The van der Waals surface area contributed by atoms with Crippen molar-refractivity contribution in [2.75, 3.05) is 5.32 Å². The molecular weight excluding hydrogens is 424 g/mol. The van der Waals surface area contributed by atoms with Gasteiger partial charge in [-0.3, -0.25) is 29.1 Å². The fourth-order valence-electron chi connectivity index (χ4n) is 4.65. The summed E-state index contributed by atoms with van der Waals surface area (Å²) in [5.74, 6) is -0.954. The normalized spacial score (nSPS) is 18.0. The van der Waals surface area contributed by atoms with E-state index < -0.39 is 23.4 Å². The third-order valence-corrected chi connectivity index (χ3v) is 6.26. The molecule has 168 valence electrons. The molecule has 10 nitrogen and oxygen atoms in total. The molecular formula is C23H22N6O4. The van der Waals surface area contributed by atoms with Gasteiger partial charge in [0.25, 0.3) is 11.5 Å². The van der Waals surface area contributed by atoms with Gasteiger partial charge in [0.1, 0.15) is 17.4 Å². The van der Waals surface area contributed by atoms with Gasteiger partial charge in [-0.2, -0.15) is 5.10 Å². The molecule has 0 bridgehead atoms. The molecule has 1 unspecified atom stereocenters. The average molecular weight is 446 g/mol. The van der Waals surface area contributed by atoms with E-state index in [0.717, 1.165) is 36.8 Å². The van der Waals surface area contributed by atoms with Gasteiger partial charge in [0.15, 0.2) is 5.69 Å². The highest BCUT2D eigenvalue weighted by Crippen LogP contribution is 2.26. The van der Waals surface area contributed by atoms with E-state index >= 15 is 0 Å². The second-order valence-electron chi connectivity index (χ2n) is 8.36. The van der Waals surface area contributed by atoms with Gasteiger partial charge in [-0.05, 0) is 62.3 Å². The number of fused-ring (bicyclic) bond motifs is 2. The van der Waals surface area contributed by atoms with Crippen LogP contribution in [0.25, 0.3) is 10.9 Å². The van der Waals surface area contributed by atoms with E-state index in [-0.39, 0.29) is 29.8 Å². The van der Waals surface area contributed by atoms with Crippen LogP contribution in [0.3, 0.4) is 0 Å². The summed E-state index contributed by atoms with van der Waals surface area (Å²) < 4.78 is 1.31. The molecule has 33 heavy (non-hydrogen) atoms. The van der Waals surface area contributed by atoms with Crippen molar-refractivity contribution in [3.63, 3.8) is 0 Å². The lowest BCUT2D eigenvalue weighted by atomic mass is 9.92. The van der Waals surface area contributed by atoms with Gasteiger partial charge >= 0.3 is 0 Å². The summed E-state index contributed by atoms with van der Waals surface area (Å²) in [5.41, 5.74) is 2.55. The van der Waals surface area contributed by atoms with E-state index in [4.69, 9.17) is 0 Å². The van der Waals surface area contributed by atoms with Crippen LogP contribution < -0.4 is 16.2 Å². The van der Waals surface area contributed by atoms with Crippen molar-refractivity contribution in [3.05, 3.63) is 57.4 Å². The SMILES string of the molecule is Cc1nc2c(NC(=O)c3nncc4c3CCCC4)cccc2c(=O)n1C1CCC(=O)NC1=O. The molecule has 10 heteroatoms. The number of nitrogens with one attached hydrogen (secondary N) is 2. The monoisotopic (exact) mass is 446 g/mol. The molecule has 1 aliphatic heterocycles. The molecule has 0 saturated carbocycles. The number of hydrogen-bond donors (Lipinski definition) is 2. The Hall–Kier alpha value is -3.95. The fourth-order valence-corrected chi connectivity index (χ4v) is 4.65. The Balaban J connectivity index is 1.53. The number of benzene rings is 1. The maximum absolute atomic E-state index is 13.3. The first-order chi connectivity index (χ1) is 15.9. The smallest absolute Gasteiger partial charge is 0.276 e. The van der Waals surface area contributed by atoms with Gasteiger partial charge < -0.3 is 5.32 Å². The lowest BCUT2D eigenvalue weighted by Gasteiger charge is -2.24. The predicted molar refractivity (Wildman–Crippen MR) is 119 cm³/mol. The topological polar surface area (TPSA) is 136 Å². The van der Waals surface area contributed by atoms with E-state index in [0.29, 0.717) is 17.0 Å². The molecule has 3 amide bonds. The molecule has 5 rings (SSSR count). The van der Waals surface area contributed by atoms with Crippen molar-refractivity contribution >= 4 is 34.3 Å². The molecule has 1 atom stereocenters. The van der Waals surface area contributed by atoms with Crippen molar-refractivity contribution in [3.8, 4) is 0 Å². The average Bonchev–Trinajstić information content (AvgIpc) is 2.80. The third-order valence-electron chi connectivity index (χ3n) is 6.26. The molecule has 2 aliphatic rings.